The molecule has 0 atom stereocenters. The Bertz CT molecular complexity index is 398. The first kappa shape index (κ1) is 12.2. The second kappa shape index (κ2) is 4.79. The van der Waals surface area contributed by atoms with Gasteiger partial charge in [0.25, 0.3) is 0 Å². The SMILES string of the molecule is CCC(=O)c1cc(C(=O)OC)c(C)cc1O. The second-order valence-corrected chi connectivity index (χ2v) is 3.45. The fourth-order valence-corrected chi connectivity index (χ4v) is 1.44. The maximum Gasteiger partial charge on any atom is 0.338 e. The molecular formula is C12H14O4. The summed E-state index contributed by atoms with van der Waals surface area (Å²) in [7, 11) is 1.27. The molecule has 0 radical (unpaired) electrons. The Morgan fingerprint density at radius 3 is 2.44 bits per heavy atom. The number of carbonyl (C=O) groups excluding carboxylic acids is 2. The van der Waals surface area contributed by atoms with Crippen molar-refractivity contribution in [2.45, 2.75) is 20.3 Å². The van der Waals surface area contributed by atoms with E-state index in [0.717, 1.165) is 0 Å². The quantitative estimate of drug-likeness (QED) is 0.628. The molecule has 86 valence electrons. The molecule has 0 saturated heterocycles. The molecule has 4 nitrogen and oxygen atoms in total. The van der Waals surface area contributed by atoms with Gasteiger partial charge in [-0.05, 0) is 24.6 Å². The Labute approximate surface area is 93.9 Å². The number of methoxy groups -OCH3 is 1. The van der Waals surface area contributed by atoms with Crippen LogP contribution >= 0.6 is 0 Å². The first-order chi connectivity index (χ1) is 7.51. The van der Waals surface area contributed by atoms with Crippen LogP contribution in [-0.4, -0.2) is 24.0 Å². The standard InChI is InChI=1S/C12H14O4/c1-4-10(13)9-6-8(12(15)16-3)7(2)5-11(9)14/h5-6,14H,4H2,1-3H3. The van der Waals surface area contributed by atoms with E-state index in [1.165, 1.54) is 19.2 Å². The number of hydrogen-bond acceptors (Lipinski definition) is 4. The van der Waals surface area contributed by atoms with Crippen LogP contribution in [0.3, 0.4) is 0 Å². The lowest BCUT2D eigenvalue weighted by Crippen LogP contribution is -2.07. The predicted octanol–water partition coefficient (Wildman–Crippen LogP) is 2.08. The van der Waals surface area contributed by atoms with Crippen molar-refractivity contribution >= 4 is 11.8 Å². The minimum atomic E-state index is -0.511. The van der Waals surface area contributed by atoms with E-state index in [4.69, 9.17) is 0 Å². The summed E-state index contributed by atoms with van der Waals surface area (Å²) in [5.41, 5.74) is 1.04. The number of aromatic hydroxyl groups is 1. The summed E-state index contributed by atoms with van der Waals surface area (Å²) < 4.78 is 4.59. The number of benzene rings is 1. The van der Waals surface area contributed by atoms with E-state index in [-0.39, 0.29) is 23.5 Å². The maximum atomic E-state index is 11.5. The number of aryl methyl sites for hydroxylation is 1. The molecule has 0 aromatic heterocycles. The zero-order valence-electron chi connectivity index (χ0n) is 9.53. The van der Waals surface area contributed by atoms with Crippen molar-refractivity contribution in [1.82, 2.24) is 0 Å². The van der Waals surface area contributed by atoms with E-state index in [0.29, 0.717) is 11.1 Å². The number of esters is 1. The predicted molar refractivity (Wildman–Crippen MR) is 58.8 cm³/mol. The summed E-state index contributed by atoms with van der Waals surface area (Å²) in [4.78, 5) is 22.9. The van der Waals surface area contributed by atoms with Gasteiger partial charge in [0.05, 0.1) is 18.2 Å². The Balaban J connectivity index is 3.32. The molecule has 0 aliphatic carbocycles. The lowest BCUT2D eigenvalue weighted by atomic mass is 10.0. The van der Waals surface area contributed by atoms with Crippen LogP contribution in [0.1, 0.15) is 39.6 Å². The molecule has 4 heteroatoms. The fraction of sp³-hybridized carbons (Fsp3) is 0.333. The van der Waals surface area contributed by atoms with Crippen LogP contribution in [0.4, 0.5) is 0 Å². The van der Waals surface area contributed by atoms with E-state index < -0.39 is 5.97 Å². The highest BCUT2D eigenvalue weighted by Crippen LogP contribution is 2.24. The molecule has 0 unspecified atom stereocenters. The van der Waals surface area contributed by atoms with E-state index >= 15 is 0 Å². The number of phenols is 1. The van der Waals surface area contributed by atoms with Crippen LogP contribution in [0.25, 0.3) is 0 Å². The van der Waals surface area contributed by atoms with Crippen LogP contribution < -0.4 is 0 Å². The number of rotatable bonds is 3. The summed E-state index contributed by atoms with van der Waals surface area (Å²) in [6, 6.07) is 2.78. The van der Waals surface area contributed by atoms with Gasteiger partial charge in [-0.15, -0.1) is 0 Å². The molecule has 1 N–H and O–H groups in total. The highest BCUT2D eigenvalue weighted by atomic mass is 16.5. The van der Waals surface area contributed by atoms with E-state index in [9.17, 15) is 14.7 Å². The Hall–Kier alpha value is -1.84. The van der Waals surface area contributed by atoms with Crippen molar-refractivity contribution in [3.63, 3.8) is 0 Å². The summed E-state index contributed by atoms with van der Waals surface area (Å²) in [6.45, 7) is 3.37. The number of ketones is 1. The highest BCUT2D eigenvalue weighted by molar-refractivity contribution is 6.01. The topological polar surface area (TPSA) is 63.6 Å². The van der Waals surface area contributed by atoms with Gasteiger partial charge in [0.15, 0.2) is 5.78 Å². The van der Waals surface area contributed by atoms with E-state index in [2.05, 4.69) is 4.74 Å². The largest absolute Gasteiger partial charge is 0.507 e. The Kier molecular flexibility index (Phi) is 3.66. The summed E-state index contributed by atoms with van der Waals surface area (Å²) in [5, 5.41) is 9.60. The number of ether oxygens (including phenoxy) is 1. The van der Waals surface area contributed by atoms with Crippen molar-refractivity contribution in [1.29, 1.82) is 0 Å². The first-order valence-corrected chi connectivity index (χ1v) is 4.96. The van der Waals surface area contributed by atoms with Gasteiger partial charge in [-0.1, -0.05) is 6.92 Å². The molecule has 0 heterocycles. The molecule has 0 amide bonds. The highest BCUT2D eigenvalue weighted by Gasteiger charge is 2.16. The maximum absolute atomic E-state index is 11.5. The van der Waals surface area contributed by atoms with Gasteiger partial charge in [-0.2, -0.15) is 0 Å². The average Bonchev–Trinajstić information content (AvgIpc) is 2.27. The van der Waals surface area contributed by atoms with Gasteiger partial charge in [0.2, 0.25) is 0 Å². The lowest BCUT2D eigenvalue weighted by molar-refractivity contribution is 0.0600. The third-order valence-corrected chi connectivity index (χ3v) is 2.37. The van der Waals surface area contributed by atoms with Crippen molar-refractivity contribution in [3.05, 3.63) is 28.8 Å². The normalized spacial score (nSPS) is 9.94. The molecular weight excluding hydrogens is 208 g/mol. The molecule has 0 saturated carbocycles. The van der Waals surface area contributed by atoms with Gasteiger partial charge in [0, 0.05) is 6.42 Å². The smallest absolute Gasteiger partial charge is 0.338 e. The van der Waals surface area contributed by atoms with Crippen LogP contribution in [-0.2, 0) is 4.74 Å². The minimum absolute atomic E-state index is 0.1000. The van der Waals surface area contributed by atoms with Gasteiger partial charge in [-0.3, -0.25) is 4.79 Å². The number of Topliss-reactive ketones (excluding diaryl/α,β-unsaturated/α-hetero) is 1. The zero-order chi connectivity index (χ0) is 12.3. The van der Waals surface area contributed by atoms with Crippen LogP contribution in [0.2, 0.25) is 0 Å². The first-order valence-electron chi connectivity index (χ1n) is 4.96. The number of hydrogen-bond donors (Lipinski definition) is 1. The average molecular weight is 222 g/mol. The van der Waals surface area contributed by atoms with Crippen molar-refractivity contribution in [2.24, 2.45) is 0 Å². The van der Waals surface area contributed by atoms with Crippen LogP contribution in [0.15, 0.2) is 12.1 Å². The monoisotopic (exact) mass is 222 g/mol. The van der Waals surface area contributed by atoms with E-state index in [1.807, 2.05) is 0 Å². The number of phenolic OH excluding ortho intramolecular Hbond substituents is 1. The second-order valence-electron chi connectivity index (χ2n) is 3.45. The molecule has 1 aromatic rings. The van der Waals surface area contributed by atoms with Crippen LogP contribution in [0, 0.1) is 6.92 Å². The van der Waals surface area contributed by atoms with Crippen molar-refractivity contribution in [3.8, 4) is 5.75 Å². The molecule has 0 spiro atoms. The van der Waals surface area contributed by atoms with Gasteiger partial charge in [0.1, 0.15) is 5.75 Å². The van der Waals surface area contributed by atoms with Gasteiger partial charge in [-0.25, -0.2) is 4.79 Å². The molecule has 0 aliphatic rings. The van der Waals surface area contributed by atoms with Gasteiger partial charge < -0.3 is 9.84 Å². The van der Waals surface area contributed by atoms with E-state index in [1.54, 1.807) is 13.8 Å². The minimum Gasteiger partial charge on any atom is -0.507 e. The third-order valence-electron chi connectivity index (χ3n) is 2.37. The Morgan fingerprint density at radius 2 is 1.94 bits per heavy atom. The lowest BCUT2D eigenvalue weighted by Gasteiger charge is -2.08. The van der Waals surface area contributed by atoms with Crippen LogP contribution in [0.5, 0.6) is 5.75 Å². The summed E-state index contributed by atoms with van der Waals surface area (Å²) >= 11 is 0. The van der Waals surface area contributed by atoms with Gasteiger partial charge >= 0.3 is 5.97 Å². The molecule has 1 aromatic carbocycles. The molecule has 1 rings (SSSR count). The third kappa shape index (κ3) is 2.21. The van der Waals surface area contributed by atoms with Crippen molar-refractivity contribution < 1.29 is 19.4 Å². The molecule has 0 fully saturated rings. The molecule has 16 heavy (non-hydrogen) atoms. The van der Waals surface area contributed by atoms with Crippen molar-refractivity contribution in [2.75, 3.05) is 7.11 Å². The summed E-state index contributed by atoms with van der Waals surface area (Å²) in [5.74, 6) is -0.817. The molecule has 0 bridgehead atoms. The number of carbonyl (C=O) groups is 2. The molecule has 0 aliphatic heterocycles. The zero-order valence-corrected chi connectivity index (χ0v) is 9.53. The fourth-order valence-electron chi connectivity index (χ4n) is 1.44. The summed E-state index contributed by atoms with van der Waals surface area (Å²) in [6.07, 6.45) is 0.275. The Morgan fingerprint density at radius 1 is 1.31 bits per heavy atom.